The Hall–Kier alpha value is -2.02. The molecule has 0 unspecified atom stereocenters. The molecule has 1 aromatic rings. The van der Waals surface area contributed by atoms with E-state index in [1.165, 1.54) is 19.2 Å². The van der Waals surface area contributed by atoms with E-state index < -0.39 is 17.5 Å². The summed E-state index contributed by atoms with van der Waals surface area (Å²) in [6, 6.07) is 3.40. The molecule has 1 fully saturated rings. The maximum absolute atomic E-state index is 13.6. The summed E-state index contributed by atoms with van der Waals surface area (Å²) in [5.41, 5.74) is -0.370. The molecule has 5 nitrogen and oxygen atoms in total. The minimum Gasteiger partial charge on any atom is -0.339 e. The second-order valence-electron chi connectivity index (χ2n) is 4.89. The van der Waals surface area contributed by atoms with Crippen molar-refractivity contribution in [1.29, 1.82) is 0 Å². The first kappa shape index (κ1) is 15.4. The second-order valence-corrected chi connectivity index (χ2v) is 4.89. The number of nitrogens with one attached hydrogen (secondary N) is 1. The Morgan fingerprint density at radius 1 is 1.29 bits per heavy atom. The van der Waals surface area contributed by atoms with Crippen LogP contribution in [-0.4, -0.2) is 61.4 Å². The fourth-order valence-corrected chi connectivity index (χ4v) is 2.16. The van der Waals surface area contributed by atoms with Gasteiger partial charge in [0, 0.05) is 33.2 Å². The molecule has 0 atom stereocenters. The second kappa shape index (κ2) is 6.62. The fourth-order valence-electron chi connectivity index (χ4n) is 2.16. The van der Waals surface area contributed by atoms with Gasteiger partial charge < -0.3 is 15.1 Å². The standard InChI is InChI=1S/C14H17F2N3O2/c1-18(9-12(20)19-7-5-17-6-8-19)14(21)10-3-2-4-11(15)13(10)16/h2-4,17H,5-9H2,1H3. The zero-order valence-corrected chi connectivity index (χ0v) is 11.7. The zero-order valence-electron chi connectivity index (χ0n) is 11.7. The van der Waals surface area contributed by atoms with Crippen LogP contribution in [0.25, 0.3) is 0 Å². The van der Waals surface area contributed by atoms with Gasteiger partial charge in [0.1, 0.15) is 0 Å². The van der Waals surface area contributed by atoms with Crippen molar-refractivity contribution in [1.82, 2.24) is 15.1 Å². The predicted molar refractivity (Wildman–Crippen MR) is 72.8 cm³/mol. The van der Waals surface area contributed by atoms with E-state index in [2.05, 4.69) is 5.32 Å². The highest BCUT2D eigenvalue weighted by Crippen LogP contribution is 2.13. The van der Waals surface area contributed by atoms with E-state index >= 15 is 0 Å². The highest BCUT2D eigenvalue weighted by atomic mass is 19.2. The monoisotopic (exact) mass is 297 g/mol. The summed E-state index contributed by atoms with van der Waals surface area (Å²) in [4.78, 5) is 26.8. The maximum atomic E-state index is 13.6. The number of benzene rings is 1. The van der Waals surface area contributed by atoms with Crippen LogP contribution >= 0.6 is 0 Å². The molecule has 7 heteroatoms. The third kappa shape index (κ3) is 3.55. The first-order valence-corrected chi connectivity index (χ1v) is 6.68. The highest BCUT2D eigenvalue weighted by molar-refractivity contribution is 5.96. The molecule has 1 N–H and O–H groups in total. The first-order chi connectivity index (χ1) is 10.0. The Kier molecular flexibility index (Phi) is 4.85. The van der Waals surface area contributed by atoms with Crippen LogP contribution in [0, 0.1) is 11.6 Å². The van der Waals surface area contributed by atoms with Crippen molar-refractivity contribution in [3.05, 3.63) is 35.4 Å². The van der Waals surface area contributed by atoms with Crippen LogP contribution < -0.4 is 5.32 Å². The molecule has 0 aliphatic carbocycles. The Morgan fingerprint density at radius 3 is 2.62 bits per heavy atom. The normalized spacial score (nSPS) is 14.9. The minimum absolute atomic E-state index is 0.158. The number of carbonyl (C=O) groups is 2. The molecule has 114 valence electrons. The van der Waals surface area contributed by atoms with Crippen LogP contribution in [0.5, 0.6) is 0 Å². The van der Waals surface area contributed by atoms with Crippen molar-refractivity contribution < 1.29 is 18.4 Å². The fraction of sp³-hybridized carbons (Fsp3) is 0.429. The molecule has 1 aliphatic heterocycles. The van der Waals surface area contributed by atoms with E-state index in [4.69, 9.17) is 0 Å². The van der Waals surface area contributed by atoms with Gasteiger partial charge in [0.25, 0.3) is 5.91 Å². The molecule has 1 aliphatic rings. The molecule has 1 aromatic carbocycles. The summed E-state index contributed by atoms with van der Waals surface area (Å²) in [5.74, 6) is -3.19. The van der Waals surface area contributed by atoms with Crippen LogP contribution in [0.1, 0.15) is 10.4 Å². The van der Waals surface area contributed by atoms with Crippen molar-refractivity contribution in [2.24, 2.45) is 0 Å². The largest absolute Gasteiger partial charge is 0.339 e. The molecule has 0 saturated carbocycles. The number of nitrogens with zero attached hydrogens (tertiary/aromatic N) is 2. The van der Waals surface area contributed by atoms with Gasteiger partial charge in [0.15, 0.2) is 11.6 Å². The van der Waals surface area contributed by atoms with Gasteiger partial charge in [-0.25, -0.2) is 8.78 Å². The molecule has 1 heterocycles. The molecule has 0 bridgehead atoms. The Balaban J connectivity index is 2.02. The Bertz CT molecular complexity index is 545. The quantitative estimate of drug-likeness (QED) is 0.882. The van der Waals surface area contributed by atoms with Gasteiger partial charge in [-0.1, -0.05) is 6.07 Å². The first-order valence-electron chi connectivity index (χ1n) is 6.68. The summed E-state index contributed by atoms with van der Waals surface area (Å²) in [5, 5.41) is 3.12. The van der Waals surface area contributed by atoms with Crippen molar-refractivity contribution in [2.45, 2.75) is 0 Å². The van der Waals surface area contributed by atoms with Gasteiger partial charge in [-0.3, -0.25) is 9.59 Å². The van der Waals surface area contributed by atoms with Crippen molar-refractivity contribution in [3.8, 4) is 0 Å². The molecule has 2 amide bonds. The summed E-state index contributed by atoms with van der Waals surface area (Å²) in [7, 11) is 1.40. The molecule has 0 radical (unpaired) electrons. The third-order valence-electron chi connectivity index (χ3n) is 3.37. The number of likely N-dealkylation sites (N-methyl/N-ethyl adjacent to an activating group) is 1. The number of halogens is 2. The van der Waals surface area contributed by atoms with Crippen LogP contribution in [0.3, 0.4) is 0 Å². The van der Waals surface area contributed by atoms with Gasteiger partial charge in [0.2, 0.25) is 5.91 Å². The summed E-state index contributed by atoms with van der Waals surface area (Å²) < 4.78 is 26.7. The molecular formula is C14H17F2N3O2. The minimum atomic E-state index is -1.19. The third-order valence-corrected chi connectivity index (χ3v) is 3.37. The SMILES string of the molecule is CN(CC(=O)N1CCNCC1)C(=O)c1cccc(F)c1F. The van der Waals surface area contributed by atoms with E-state index in [1.807, 2.05) is 0 Å². The Labute approximate surface area is 121 Å². The van der Waals surface area contributed by atoms with E-state index in [0.29, 0.717) is 26.2 Å². The highest BCUT2D eigenvalue weighted by Gasteiger charge is 2.23. The lowest BCUT2D eigenvalue weighted by Crippen LogP contribution is -2.49. The van der Waals surface area contributed by atoms with Gasteiger partial charge >= 0.3 is 0 Å². The average molecular weight is 297 g/mol. The van der Waals surface area contributed by atoms with E-state index in [-0.39, 0.29) is 18.0 Å². The van der Waals surface area contributed by atoms with Crippen LogP contribution in [-0.2, 0) is 4.79 Å². The van der Waals surface area contributed by atoms with Gasteiger partial charge in [-0.2, -0.15) is 0 Å². The zero-order chi connectivity index (χ0) is 15.4. The molecule has 0 aromatic heterocycles. The number of carbonyl (C=O) groups excluding carboxylic acids is 2. The number of amides is 2. The summed E-state index contributed by atoms with van der Waals surface area (Å²) >= 11 is 0. The average Bonchev–Trinajstić information content (AvgIpc) is 2.50. The topological polar surface area (TPSA) is 52.7 Å². The molecule has 0 spiro atoms. The van der Waals surface area contributed by atoms with Crippen molar-refractivity contribution in [2.75, 3.05) is 39.8 Å². The number of hydrogen-bond acceptors (Lipinski definition) is 3. The maximum Gasteiger partial charge on any atom is 0.257 e. The lowest BCUT2D eigenvalue weighted by Gasteiger charge is -2.29. The molecule has 2 rings (SSSR count). The number of hydrogen-bond donors (Lipinski definition) is 1. The van der Waals surface area contributed by atoms with Gasteiger partial charge in [0.05, 0.1) is 12.1 Å². The van der Waals surface area contributed by atoms with E-state index in [1.54, 1.807) is 4.90 Å². The number of piperazine rings is 1. The lowest BCUT2D eigenvalue weighted by atomic mass is 10.2. The van der Waals surface area contributed by atoms with Crippen LogP contribution in [0.15, 0.2) is 18.2 Å². The smallest absolute Gasteiger partial charge is 0.257 e. The van der Waals surface area contributed by atoms with E-state index in [0.717, 1.165) is 11.0 Å². The van der Waals surface area contributed by atoms with Gasteiger partial charge in [-0.15, -0.1) is 0 Å². The van der Waals surface area contributed by atoms with Crippen LogP contribution in [0.4, 0.5) is 8.78 Å². The summed E-state index contributed by atoms with van der Waals surface area (Å²) in [6.45, 7) is 2.42. The predicted octanol–water partition coefficient (Wildman–Crippen LogP) is 0.469. The lowest BCUT2D eigenvalue weighted by molar-refractivity contribution is -0.132. The molecule has 1 saturated heterocycles. The van der Waals surface area contributed by atoms with Crippen molar-refractivity contribution >= 4 is 11.8 Å². The van der Waals surface area contributed by atoms with E-state index in [9.17, 15) is 18.4 Å². The van der Waals surface area contributed by atoms with Crippen LogP contribution in [0.2, 0.25) is 0 Å². The van der Waals surface area contributed by atoms with Gasteiger partial charge in [-0.05, 0) is 12.1 Å². The number of rotatable bonds is 3. The molecule has 21 heavy (non-hydrogen) atoms. The molecular weight excluding hydrogens is 280 g/mol. The summed E-state index contributed by atoms with van der Waals surface area (Å²) in [6.07, 6.45) is 0. The Morgan fingerprint density at radius 2 is 1.95 bits per heavy atom. The van der Waals surface area contributed by atoms with Crippen molar-refractivity contribution in [3.63, 3.8) is 0 Å².